The molecule has 0 spiro atoms. The zero-order valence-electron chi connectivity index (χ0n) is 13.4. The minimum atomic E-state index is 0.380. The van der Waals surface area contributed by atoms with Crippen LogP contribution in [0.5, 0.6) is 5.88 Å². The lowest BCUT2D eigenvalue weighted by atomic mass is 10.0. The maximum atomic E-state index is 10.5. The number of rotatable bonds is 4. The van der Waals surface area contributed by atoms with Gasteiger partial charge in [-0.25, -0.2) is 0 Å². The van der Waals surface area contributed by atoms with Crippen LogP contribution in [0.4, 0.5) is 0 Å². The fourth-order valence-corrected chi connectivity index (χ4v) is 2.86. The van der Waals surface area contributed by atoms with Crippen molar-refractivity contribution in [1.82, 2.24) is 9.55 Å². The summed E-state index contributed by atoms with van der Waals surface area (Å²) in [6, 6.07) is 8.25. The van der Waals surface area contributed by atoms with E-state index in [1.807, 2.05) is 16.8 Å². The van der Waals surface area contributed by atoms with Gasteiger partial charge in [0.2, 0.25) is 0 Å². The van der Waals surface area contributed by atoms with E-state index in [1.54, 1.807) is 6.20 Å². The number of aromatic nitrogens is 2. The van der Waals surface area contributed by atoms with E-state index in [0.717, 1.165) is 40.4 Å². The normalized spacial score (nSPS) is 11.5. The first kappa shape index (κ1) is 14.6. The fraction of sp³-hybridized carbons (Fsp3) is 0.316. The number of fused-ring (bicyclic) bond motifs is 1. The van der Waals surface area contributed by atoms with Crippen molar-refractivity contribution < 1.29 is 5.11 Å². The molecule has 2 heterocycles. The van der Waals surface area contributed by atoms with Crippen LogP contribution in [-0.2, 0) is 6.54 Å². The number of hydrogen-bond donors (Lipinski definition) is 1. The SMILES string of the molecule is Cc1cc(-c2cccnc2)cc2cn(CCC(C)C)c(O)c12. The Morgan fingerprint density at radius 3 is 2.73 bits per heavy atom. The molecule has 0 saturated heterocycles. The van der Waals surface area contributed by atoms with Crippen LogP contribution >= 0.6 is 0 Å². The van der Waals surface area contributed by atoms with Gasteiger partial charge in [-0.15, -0.1) is 0 Å². The number of aromatic hydroxyl groups is 1. The largest absolute Gasteiger partial charge is 0.494 e. The Labute approximate surface area is 131 Å². The summed E-state index contributed by atoms with van der Waals surface area (Å²) in [5, 5.41) is 12.5. The molecule has 114 valence electrons. The lowest BCUT2D eigenvalue weighted by Gasteiger charge is -2.07. The molecule has 2 aromatic heterocycles. The summed E-state index contributed by atoms with van der Waals surface area (Å²) >= 11 is 0. The molecule has 1 aromatic carbocycles. The quantitative estimate of drug-likeness (QED) is 0.753. The van der Waals surface area contributed by atoms with Crippen LogP contribution in [-0.4, -0.2) is 14.7 Å². The standard InChI is InChI=1S/C19H22N2O/c1-13(2)6-8-21-12-17-10-16(15-5-4-7-20-11-15)9-14(3)18(17)19(21)22/h4-5,7,9-13,22H,6,8H2,1-3H3. The molecule has 0 unspecified atom stereocenters. The molecule has 0 atom stereocenters. The molecule has 1 N–H and O–H groups in total. The highest BCUT2D eigenvalue weighted by Crippen LogP contribution is 2.34. The van der Waals surface area contributed by atoms with Gasteiger partial charge in [0.25, 0.3) is 0 Å². The minimum Gasteiger partial charge on any atom is -0.494 e. The highest BCUT2D eigenvalue weighted by Gasteiger charge is 2.12. The van der Waals surface area contributed by atoms with Gasteiger partial charge in [-0.2, -0.15) is 0 Å². The predicted octanol–water partition coefficient (Wildman–Crippen LogP) is 4.76. The van der Waals surface area contributed by atoms with Crippen molar-refractivity contribution in [3.63, 3.8) is 0 Å². The van der Waals surface area contributed by atoms with E-state index in [1.165, 1.54) is 0 Å². The first-order valence-electron chi connectivity index (χ1n) is 7.79. The van der Waals surface area contributed by atoms with Crippen LogP contribution in [0, 0.1) is 12.8 Å². The highest BCUT2D eigenvalue weighted by atomic mass is 16.3. The van der Waals surface area contributed by atoms with Crippen molar-refractivity contribution >= 4 is 10.8 Å². The molecule has 0 aliphatic heterocycles. The topological polar surface area (TPSA) is 38.0 Å². The molecule has 0 saturated carbocycles. The second-order valence-electron chi connectivity index (χ2n) is 6.33. The summed E-state index contributed by atoms with van der Waals surface area (Å²) in [7, 11) is 0. The predicted molar refractivity (Wildman–Crippen MR) is 91.0 cm³/mol. The summed E-state index contributed by atoms with van der Waals surface area (Å²) in [5.41, 5.74) is 3.33. The van der Waals surface area contributed by atoms with Crippen LogP contribution in [0.1, 0.15) is 25.8 Å². The molecular weight excluding hydrogens is 272 g/mol. The van der Waals surface area contributed by atoms with Crippen LogP contribution in [0.25, 0.3) is 21.9 Å². The van der Waals surface area contributed by atoms with Crippen molar-refractivity contribution in [2.75, 3.05) is 0 Å². The van der Waals surface area contributed by atoms with Crippen molar-refractivity contribution in [1.29, 1.82) is 0 Å². The molecule has 0 fully saturated rings. The molecule has 22 heavy (non-hydrogen) atoms. The second-order valence-corrected chi connectivity index (χ2v) is 6.33. The van der Waals surface area contributed by atoms with Gasteiger partial charge in [0.15, 0.2) is 5.88 Å². The molecule has 0 aliphatic rings. The Morgan fingerprint density at radius 2 is 2.05 bits per heavy atom. The maximum Gasteiger partial charge on any atom is 0.199 e. The van der Waals surface area contributed by atoms with Crippen molar-refractivity contribution in [2.45, 2.75) is 33.7 Å². The average molecular weight is 294 g/mol. The summed E-state index contributed by atoms with van der Waals surface area (Å²) < 4.78 is 1.96. The number of pyridine rings is 1. The molecule has 0 radical (unpaired) electrons. The van der Waals surface area contributed by atoms with Gasteiger partial charge in [-0.3, -0.25) is 4.98 Å². The number of nitrogens with zero attached hydrogens (tertiary/aromatic N) is 2. The number of hydrogen-bond acceptors (Lipinski definition) is 2. The average Bonchev–Trinajstić information content (AvgIpc) is 2.83. The summed E-state index contributed by atoms with van der Waals surface area (Å²) in [4.78, 5) is 4.19. The van der Waals surface area contributed by atoms with Crippen LogP contribution in [0.2, 0.25) is 0 Å². The van der Waals surface area contributed by atoms with Gasteiger partial charge in [0.1, 0.15) is 0 Å². The third kappa shape index (κ3) is 2.71. The molecule has 3 rings (SSSR count). The van der Waals surface area contributed by atoms with Crippen molar-refractivity contribution in [3.8, 4) is 17.0 Å². The van der Waals surface area contributed by atoms with Crippen molar-refractivity contribution in [3.05, 3.63) is 48.4 Å². The second kappa shape index (κ2) is 5.84. The number of aryl methyl sites for hydroxylation is 2. The third-order valence-corrected chi connectivity index (χ3v) is 4.10. The zero-order chi connectivity index (χ0) is 15.7. The minimum absolute atomic E-state index is 0.380. The maximum absolute atomic E-state index is 10.5. The summed E-state index contributed by atoms with van der Waals surface area (Å²) in [6.45, 7) is 7.30. The van der Waals surface area contributed by atoms with E-state index in [-0.39, 0.29) is 0 Å². The zero-order valence-corrected chi connectivity index (χ0v) is 13.4. The molecule has 0 bridgehead atoms. The molecule has 3 heteroatoms. The highest BCUT2D eigenvalue weighted by molar-refractivity contribution is 5.94. The molecule has 3 aromatic rings. The molecule has 0 aliphatic carbocycles. The van der Waals surface area contributed by atoms with E-state index >= 15 is 0 Å². The van der Waals surface area contributed by atoms with Crippen LogP contribution < -0.4 is 0 Å². The third-order valence-electron chi connectivity index (χ3n) is 4.10. The molecule has 0 amide bonds. The van der Waals surface area contributed by atoms with Crippen LogP contribution in [0.3, 0.4) is 0 Å². The van der Waals surface area contributed by atoms with Gasteiger partial charge >= 0.3 is 0 Å². The van der Waals surface area contributed by atoms with Gasteiger partial charge in [0, 0.05) is 41.5 Å². The van der Waals surface area contributed by atoms with E-state index in [9.17, 15) is 5.11 Å². The van der Waals surface area contributed by atoms with E-state index < -0.39 is 0 Å². The van der Waals surface area contributed by atoms with Gasteiger partial charge in [-0.1, -0.05) is 26.0 Å². The Bertz CT molecular complexity index is 788. The Morgan fingerprint density at radius 1 is 1.23 bits per heavy atom. The van der Waals surface area contributed by atoms with Crippen LogP contribution in [0.15, 0.2) is 42.9 Å². The summed E-state index contributed by atoms with van der Waals surface area (Å²) in [6.07, 6.45) is 6.77. The summed E-state index contributed by atoms with van der Waals surface area (Å²) in [5.74, 6) is 1.00. The first-order chi connectivity index (χ1) is 10.6. The van der Waals surface area contributed by atoms with E-state index in [0.29, 0.717) is 11.8 Å². The monoisotopic (exact) mass is 294 g/mol. The van der Waals surface area contributed by atoms with Gasteiger partial charge in [-0.05, 0) is 42.5 Å². The fourth-order valence-electron chi connectivity index (χ4n) is 2.86. The Balaban J connectivity index is 2.07. The van der Waals surface area contributed by atoms with Crippen molar-refractivity contribution in [2.24, 2.45) is 5.92 Å². The number of benzene rings is 1. The smallest absolute Gasteiger partial charge is 0.199 e. The lowest BCUT2D eigenvalue weighted by Crippen LogP contribution is -1.99. The first-order valence-corrected chi connectivity index (χ1v) is 7.79. The van der Waals surface area contributed by atoms with E-state index in [2.05, 4.69) is 50.2 Å². The molecule has 3 nitrogen and oxygen atoms in total. The van der Waals surface area contributed by atoms with Gasteiger partial charge < -0.3 is 9.67 Å². The van der Waals surface area contributed by atoms with E-state index in [4.69, 9.17) is 0 Å². The van der Waals surface area contributed by atoms with Gasteiger partial charge in [0.05, 0.1) is 0 Å². The Hall–Kier alpha value is -2.29. The Kier molecular flexibility index (Phi) is 3.88. The lowest BCUT2D eigenvalue weighted by molar-refractivity contribution is 0.405. The molecular formula is C19H22N2O.